The second kappa shape index (κ2) is 8.49. The minimum atomic E-state index is -0.249. The van der Waals surface area contributed by atoms with Crippen LogP contribution < -0.4 is 14.8 Å². The zero-order chi connectivity index (χ0) is 23.3. The van der Waals surface area contributed by atoms with Gasteiger partial charge in [-0.2, -0.15) is 0 Å². The maximum Gasteiger partial charge on any atom is 0.407 e. The van der Waals surface area contributed by atoms with Gasteiger partial charge in [-0.25, -0.2) is 4.79 Å². The Morgan fingerprint density at radius 1 is 1.03 bits per heavy atom. The first-order chi connectivity index (χ1) is 16.6. The number of amides is 1. The summed E-state index contributed by atoms with van der Waals surface area (Å²) in [6.07, 6.45) is 6.54. The van der Waals surface area contributed by atoms with Gasteiger partial charge in [0.25, 0.3) is 0 Å². The zero-order valence-electron chi connectivity index (χ0n) is 20.1. The molecule has 3 heterocycles. The standard InChI is InChI=1S/C28H34N2O4/c1-32-21-4-6-24(33-2)23(16-21)19-3-5-22-20(15-19)7-10-28(11-12-28)26(22)29-27(31)34-25-17-30-13-8-18(25)9-14-30/h3-6,15-16,18,25-26H,7-14,17H2,1-2H3,(H,29,31)/t25-,26?/m0/s1. The smallest absolute Gasteiger partial charge is 0.407 e. The SMILES string of the molecule is COc1ccc(OC)c(-c2ccc3c(c2)CCC2(CC2)C3NC(=O)O[C@H]2CN3CCC2CC3)c1. The monoisotopic (exact) mass is 462 g/mol. The second-order valence-electron chi connectivity index (χ2n) is 10.5. The van der Waals surface area contributed by atoms with Gasteiger partial charge in [-0.15, -0.1) is 0 Å². The van der Waals surface area contributed by atoms with Gasteiger partial charge in [0, 0.05) is 12.1 Å². The first kappa shape index (κ1) is 21.8. The van der Waals surface area contributed by atoms with Crippen molar-refractivity contribution in [2.24, 2.45) is 11.3 Å². The van der Waals surface area contributed by atoms with Crippen LogP contribution in [-0.4, -0.2) is 51.0 Å². The predicted molar refractivity (Wildman–Crippen MR) is 130 cm³/mol. The number of hydrogen-bond donors (Lipinski definition) is 1. The summed E-state index contributed by atoms with van der Waals surface area (Å²) >= 11 is 0. The molecule has 5 aliphatic rings. The topological polar surface area (TPSA) is 60.0 Å². The minimum Gasteiger partial charge on any atom is -0.497 e. The van der Waals surface area contributed by atoms with Crippen molar-refractivity contribution < 1.29 is 19.0 Å². The van der Waals surface area contributed by atoms with Crippen molar-refractivity contribution in [3.8, 4) is 22.6 Å². The fourth-order valence-electron chi connectivity index (χ4n) is 6.43. The van der Waals surface area contributed by atoms with Crippen LogP contribution in [0.25, 0.3) is 11.1 Å². The van der Waals surface area contributed by atoms with E-state index in [9.17, 15) is 4.79 Å². The third-order valence-corrected chi connectivity index (χ3v) is 8.69. The van der Waals surface area contributed by atoms with Crippen LogP contribution in [0.4, 0.5) is 4.79 Å². The highest BCUT2D eigenvalue weighted by molar-refractivity contribution is 5.74. The third-order valence-electron chi connectivity index (χ3n) is 8.69. The molecular formula is C28H34N2O4. The number of nitrogens with zero attached hydrogens (tertiary/aromatic N) is 1. The number of rotatable bonds is 5. The van der Waals surface area contributed by atoms with E-state index >= 15 is 0 Å². The van der Waals surface area contributed by atoms with Gasteiger partial charge >= 0.3 is 6.09 Å². The minimum absolute atomic E-state index is 0.0195. The molecule has 7 rings (SSSR count). The third kappa shape index (κ3) is 3.82. The summed E-state index contributed by atoms with van der Waals surface area (Å²) in [5.74, 6) is 2.15. The van der Waals surface area contributed by atoms with E-state index in [0.717, 1.165) is 67.9 Å². The van der Waals surface area contributed by atoms with Crippen LogP contribution in [0.1, 0.15) is 49.3 Å². The van der Waals surface area contributed by atoms with Gasteiger partial charge in [-0.3, -0.25) is 4.90 Å². The van der Waals surface area contributed by atoms with Gasteiger partial charge in [-0.05, 0) is 97.8 Å². The Bertz CT molecular complexity index is 1090. The number of nitrogens with one attached hydrogen (secondary N) is 1. The van der Waals surface area contributed by atoms with Gasteiger partial charge in [0.15, 0.2) is 0 Å². The lowest BCUT2D eigenvalue weighted by atomic mass is 9.76. The van der Waals surface area contributed by atoms with E-state index in [-0.39, 0.29) is 23.7 Å². The molecule has 4 fully saturated rings. The average Bonchev–Trinajstić information content (AvgIpc) is 3.66. The number of methoxy groups -OCH3 is 2. The Balaban J connectivity index is 1.25. The van der Waals surface area contributed by atoms with Crippen LogP contribution in [-0.2, 0) is 11.2 Å². The highest BCUT2D eigenvalue weighted by atomic mass is 16.6. The van der Waals surface area contributed by atoms with Gasteiger partial charge < -0.3 is 19.5 Å². The number of alkyl carbamates (subject to hydrolysis) is 1. The summed E-state index contributed by atoms with van der Waals surface area (Å²) in [5, 5.41) is 3.31. The van der Waals surface area contributed by atoms with Crippen molar-refractivity contribution in [2.75, 3.05) is 33.9 Å². The van der Waals surface area contributed by atoms with E-state index in [2.05, 4.69) is 28.4 Å². The van der Waals surface area contributed by atoms with Gasteiger partial charge in [0.1, 0.15) is 17.6 Å². The van der Waals surface area contributed by atoms with Crippen LogP contribution in [0.15, 0.2) is 36.4 Å². The van der Waals surface area contributed by atoms with Crippen molar-refractivity contribution in [2.45, 2.75) is 50.7 Å². The summed E-state index contributed by atoms with van der Waals surface area (Å²) in [4.78, 5) is 15.5. The molecule has 1 spiro atoms. The van der Waals surface area contributed by atoms with E-state index in [1.165, 1.54) is 24.0 Å². The van der Waals surface area contributed by atoms with Crippen LogP contribution in [0.5, 0.6) is 11.5 Å². The normalized spacial score (nSPS) is 28.2. The Hall–Kier alpha value is -2.73. The van der Waals surface area contributed by atoms with Gasteiger partial charge in [0.05, 0.1) is 20.3 Å². The van der Waals surface area contributed by atoms with Crippen LogP contribution in [0.3, 0.4) is 0 Å². The molecule has 3 saturated heterocycles. The van der Waals surface area contributed by atoms with E-state index in [1.807, 2.05) is 18.2 Å². The Labute approximate surface area is 201 Å². The van der Waals surface area contributed by atoms with Crippen LogP contribution in [0.2, 0.25) is 0 Å². The Morgan fingerprint density at radius 2 is 1.85 bits per heavy atom. The largest absolute Gasteiger partial charge is 0.497 e. The molecule has 6 nitrogen and oxygen atoms in total. The van der Waals surface area contributed by atoms with E-state index in [1.54, 1.807) is 14.2 Å². The molecule has 0 aromatic heterocycles. The summed E-state index contributed by atoms with van der Waals surface area (Å²) in [6.45, 7) is 3.17. The number of piperidine rings is 3. The first-order valence-corrected chi connectivity index (χ1v) is 12.6. The Kier molecular flexibility index (Phi) is 5.44. The molecule has 2 aromatic rings. The van der Waals surface area contributed by atoms with Gasteiger partial charge in [0.2, 0.25) is 0 Å². The van der Waals surface area contributed by atoms with Crippen molar-refractivity contribution >= 4 is 6.09 Å². The summed E-state index contributed by atoms with van der Waals surface area (Å²) < 4.78 is 17.1. The second-order valence-corrected chi connectivity index (χ2v) is 10.5. The molecule has 1 unspecified atom stereocenters. The number of ether oxygens (including phenoxy) is 3. The predicted octanol–water partition coefficient (Wildman–Crippen LogP) is 4.96. The molecule has 180 valence electrons. The van der Waals surface area contributed by atoms with Crippen molar-refractivity contribution in [3.63, 3.8) is 0 Å². The number of carbonyl (C=O) groups excluding carboxylic acids is 1. The summed E-state index contributed by atoms with van der Waals surface area (Å²) in [7, 11) is 3.37. The number of benzene rings is 2. The number of fused-ring (bicyclic) bond motifs is 4. The first-order valence-electron chi connectivity index (χ1n) is 12.6. The molecule has 2 aromatic carbocycles. The maximum atomic E-state index is 13.0. The maximum absolute atomic E-state index is 13.0. The molecule has 6 heteroatoms. The number of aryl methyl sites for hydroxylation is 1. The lowest BCUT2D eigenvalue weighted by Crippen LogP contribution is -2.53. The number of hydrogen-bond acceptors (Lipinski definition) is 5. The fraction of sp³-hybridized carbons (Fsp3) is 0.536. The molecule has 2 aliphatic carbocycles. The lowest BCUT2D eigenvalue weighted by molar-refractivity contribution is -0.0347. The highest BCUT2D eigenvalue weighted by Gasteiger charge is 2.53. The Morgan fingerprint density at radius 3 is 2.53 bits per heavy atom. The summed E-state index contributed by atoms with van der Waals surface area (Å²) in [5.41, 5.74) is 4.85. The van der Waals surface area contributed by atoms with Crippen molar-refractivity contribution in [3.05, 3.63) is 47.5 Å². The highest BCUT2D eigenvalue weighted by Crippen LogP contribution is 2.61. The van der Waals surface area contributed by atoms with Crippen LogP contribution in [0, 0.1) is 11.3 Å². The van der Waals surface area contributed by atoms with Crippen molar-refractivity contribution in [1.82, 2.24) is 10.2 Å². The molecular weight excluding hydrogens is 428 g/mol. The van der Waals surface area contributed by atoms with Gasteiger partial charge in [-0.1, -0.05) is 18.2 Å². The van der Waals surface area contributed by atoms with E-state index in [0.29, 0.717) is 5.92 Å². The molecule has 1 saturated carbocycles. The molecule has 0 radical (unpaired) electrons. The number of carbonyl (C=O) groups is 1. The van der Waals surface area contributed by atoms with Crippen molar-refractivity contribution in [1.29, 1.82) is 0 Å². The van der Waals surface area contributed by atoms with E-state index in [4.69, 9.17) is 14.2 Å². The average molecular weight is 463 g/mol. The van der Waals surface area contributed by atoms with Crippen LogP contribution >= 0.6 is 0 Å². The summed E-state index contributed by atoms with van der Waals surface area (Å²) in [6, 6.07) is 12.5. The lowest BCUT2D eigenvalue weighted by Gasteiger charge is -2.44. The molecule has 2 bridgehead atoms. The fourth-order valence-corrected chi connectivity index (χ4v) is 6.43. The molecule has 3 aliphatic heterocycles. The molecule has 1 N–H and O–H groups in total. The molecule has 1 amide bonds. The van der Waals surface area contributed by atoms with E-state index < -0.39 is 0 Å². The molecule has 2 atom stereocenters. The quantitative estimate of drug-likeness (QED) is 0.681. The molecule has 34 heavy (non-hydrogen) atoms. The zero-order valence-corrected chi connectivity index (χ0v) is 20.1.